The summed E-state index contributed by atoms with van der Waals surface area (Å²) in [6.07, 6.45) is 3.79. The zero-order valence-electron chi connectivity index (χ0n) is 10.1. The number of hydrogen-bond acceptors (Lipinski definition) is 4. The standard InChI is InChI=1S/C13H20N2O2/c14-8-11-4-3-5-12(15-11)9-16-10-13-6-1-2-7-17-13/h3-5,13H,1-2,6-10,14H2. The SMILES string of the molecule is NCc1cccc(COCC2CCCCO2)n1. The second-order valence-electron chi connectivity index (χ2n) is 4.33. The topological polar surface area (TPSA) is 57.4 Å². The number of nitrogens with zero attached hydrogens (tertiary/aromatic N) is 1. The van der Waals surface area contributed by atoms with Crippen LogP contribution in [0, 0.1) is 0 Å². The molecule has 2 N–H and O–H groups in total. The molecule has 0 bridgehead atoms. The molecule has 2 rings (SSSR count). The van der Waals surface area contributed by atoms with Crippen molar-refractivity contribution < 1.29 is 9.47 Å². The van der Waals surface area contributed by atoms with Crippen LogP contribution < -0.4 is 5.73 Å². The van der Waals surface area contributed by atoms with Crippen LogP contribution in [0.1, 0.15) is 30.7 Å². The molecule has 4 heteroatoms. The van der Waals surface area contributed by atoms with Gasteiger partial charge in [0.25, 0.3) is 0 Å². The van der Waals surface area contributed by atoms with Crippen molar-refractivity contribution in [2.75, 3.05) is 13.2 Å². The van der Waals surface area contributed by atoms with Crippen LogP contribution in [0.25, 0.3) is 0 Å². The minimum absolute atomic E-state index is 0.265. The molecule has 4 nitrogen and oxygen atoms in total. The molecule has 0 spiro atoms. The summed E-state index contributed by atoms with van der Waals surface area (Å²) in [6.45, 7) is 2.54. The van der Waals surface area contributed by atoms with E-state index in [-0.39, 0.29) is 6.10 Å². The number of aromatic nitrogens is 1. The molecule has 0 amide bonds. The van der Waals surface area contributed by atoms with Gasteiger partial charge in [-0.25, -0.2) is 0 Å². The first-order valence-electron chi connectivity index (χ1n) is 6.22. The zero-order valence-corrected chi connectivity index (χ0v) is 10.1. The second kappa shape index (κ2) is 6.69. The van der Waals surface area contributed by atoms with Gasteiger partial charge in [0, 0.05) is 13.2 Å². The zero-order chi connectivity index (χ0) is 11.9. The second-order valence-corrected chi connectivity index (χ2v) is 4.33. The van der Waals surface area contributed by atoms with Crippen LogP contribution in [0.5, 0.6) is 0 Å². The first-order valence-corrected chi connectivity index (χ1v) is 6.22. The Labute approximate surface area is 102 Å². The molecule has 1 unspecified atom stereocenters. The van der Waals surface area contributed by atoms with E-state index in [0.717, 1.165) is 24.4 Å². The lowest BCUT2D eigenvalue weighted by molar-refractivity contribution is -0.0452. The van der Waals surface area contributed by atoms with Gasteiger partial charge >= 0.3 is 0 Å². The monoisotopic (exact) mass is 236 g/mol. The molecule has 1 aromatic rings. The van der Waals surface area contributed by atoms with Crippen LogP contribution in [0.4, 0.5) is 0 Å². The van der Waals surface area contributed by atoms with Crippen molar-refractivity contribution in [3.63, 3.8) is 0 Å². The molecule has 0 aromatic carbocycles. The van der Waals surface area contributed by atoms with Gasteiger partial charge in [0.15, 0.2) is 0 Å². The summed E-state index contributed by atoms with van der Waals surface area (Å²) >= 11 is 0. The number of nitrogens with two attached hydrogens (primary N) is 1. The van der Waals surface area contributed by atoms with Crippen molar-refractivity contribution in [2.24, 2.45) is 5.73 Å². The quantitative estimate of drug-likeness (QED) is 0.844. The van der Waals surface area contributed by atoms with Gasteiger partial charge in [-0.15, -0.1) is 0 Å². The molecular formula is C13H20N2O2. The highest BCUT2D eigenvalue weighted by Crippen LogP contribution is 2.13. The van der Waals surface area contributed by atoms with E-state index >= 15 is 0 Å². The summed E-state index contributed by atoms with van der Waals surface area (Å²) in [4.78, 5) is 4.38. The van der Waals surface area contributed by atoms with E-state index < -0.39 is 0 Å². The molecule has 1 saturated heterocycles. The number of pyridine rings is 1. The van der Waals surface area contributed by atoms with E-state index in [9.17, 15) is 0 Å². The Balaban J connectivity index is 1.73. The third kappa shape index (κ3) is 4.07. The summed E-state index contributed by atoms with van der Waals surface area (Å²) < 4.78 is 11.2. The fourth-order valence-electron chi connectivity index (χ4n) is 1.96. The average Bonchev–Trinajstić information content (AvgIpc) is 2.40. The Hall–Kier alpha value is -0.970. The van der Waals surface area contributed by atoms with Crippen molar-refractivity contribution in [3.8, 4) is 0 Å². The molecule has 2 heterocycles. The van der Waals surface area contributed by atoms with Gasteiger partial charge in [0.05, 0.1) is 30.7 Å². The van der Waals surface area contributed by atoms with Crippen LogP contribution in [0.2, 0.25) is 0 Å². The summed E-state index contributed by atoms with van der Waals surface area (Å²) in [5.41, 5.74) is 7.38. The molecule has 1 atom stereocenters. The molecule has 1 fully saturated rings. The van der Waals surface area contributed by atoms with Gasteiger partial charge in [0.2, 0.25) is 0 Å². The minimum atomic E-state index is 0.265. The van der Waals surface area contributed by atoms with Crippen molar-refractivity contribution in [3.05, 3.63) is 29.6 Å². The van der Waals surface area contributed by atoms with E-state index in [0.29, 0.717) is 19.8 Å². The fourth-order valence-corrected chi connectivity index (χ4v) is 1.96. The Morgan fingerprint density at radius 3 is 3.00 bits per heavy atom. The maximum Gasteiger partial charge on any atom is 0.0889 e. The maximum atomic E-state index is 5.63. The van der Waals surface area contributed by atoms with E-state index in [2.05, 4.69) is 4.98 Å². The molecule has 0 aliphatic carbocycles. The van der Waals surface area contributed by atoms with Crippen LogP contribution in [0.3, 0.4) is 0 Å². The third-order valence-electron chi connectivity index (χ3n) is 2.90. The van der Waals surface area contributed by atoms with Gasteiger partial charge in [0.1, 0.15) is 0 Å². The van der Waals surface area contributed by atoms with Gasteiger partial charge < -0.3 is 15.2 Å². The van der Waals surface area contributed by atoms with Crippen LogP contribution in [0.15, 0.2) is 18.2 Å². The maximum absolute atomic E-state index is 5.63. The lowest BCUT2D eigenvalue weighted by Crippen LogP contribution is -2.24. The van der Waals surface area contributed by atoms with Crippen molar-refractivity contribution in [2.45, 2.75) is 38.5 Å². The molecule has 1 aliphatic rings. The van der Waals surface area contributed by atoms with Crippen molar-refractivity contribution >= 4 is 0 Å². The van der Waals surface area contributed by atoms with E-state index in [1.807, 2.05) is 18.2 Å². The lowest BCUT2D eigenvalue weighted by atomic mass is 10.1. The van der Waals surface area contributed by atoms with E-state index in [1.54, 1.807) is 0 Å². The summed E-state index contributed by atoms with van der Waals surface area (Å²) in [5, 5.41) is 0. The Morgan fingerprint density at radius 1 is 1.35 bits per heavy atom. The highest BCUT2D eigenvalue weighted by Gasteiger charge is 2.13. The van der Waals surface area contributed by atoms with E-state index in [1.165, 1.54) is 12.8 Å². The number of ether oxygens (including phenoxy) is 2. The van der Waals surface area contributed by atoms with E-state index in [4.69, 9.17) is 15.2 Å². The predicted molar refractivity (Wildman–Crippen MR) is 65.4 cm³/mol. The van der Waals surface area contributed by atoms with Crippen molar-refractivity contribution in [1.29, 1.82) is 0 Å². The summed E-state index contributed by atoms with van der Waals surface area (Å²) in [5.74, 6) is 0. The van der Waals surface area contributed by atoms with Gasteiger partial charge in [-0.1, -0.05) is 6.07 Å². The van der Waals surface area contributed by atoms with Crippen molar-refractivity contribution in [1.82, 2.24) is 4.98 Å². The first kappa shape index (κ1) is 12.5. The number of hydrogen-bond donors (Lipinski definition) is 1. The smallest absolute Gasteiger partial charge is 0.0889 e. The molecule has 94 valence electrons. The highest BCUT2D eigenvalue weighted by atomic mass is 16.5. The van der Waals surface area contributed by atoms with Crippen LogP contribution >= 0.6 is 0 Å². The lowest BCUT2D eigenvalue weighted by Gasteiger charge is -2.22. The van der Waals surface area contributed by atoms with Gasteiger partial charge in [-0.3, -0.25) is 4.98 Å². The van der Waals surface area contributed by atoms with Crippen LogP contribution in [-0.4, -0.2) is 24.3 Å². The Morgan fingerprint density at radius 2 is 2.24 bits per heavy atom. The normalized spacial score (nSPS) is 20.4. The first-order chi connectivity index (χ1) is 8.38. The molecule has 1 aliphatic heterocycles. The van der Waals surface area contributed by atoms with Crippen LogP contribution in [-0.2, 0) is 22.6 Å². The van der Waals surface area contributed by atoms with Gasteiger partial charge in [-0.05, 0) is 31.4 Å². The molecule has 17 heavy (non-hydrogen) atoms. The Kier molecular flexibility index (Phi) is 4.91. The highest BCUT2D eigenvalue weighted by molar-refractivity contribution is 5.10. The largest absolute Gasteiger partial charge is 0.376 e. The Bertz CT molecular complexity index is 338. The molecule has 1 aromatic heterocycles. The fraction of sp³-hybridized carbons (Fsp3) is 0.615. The number of rotatable bonds is 5. The predicted octanol–water partition coefficient (Wildman–Crippen LogP) is 1.63. The molecular weight excluding hydrogens is 216 g/mol. The average molecular weight is 236 g/mol. The summed E-state index contributed by atoms with van der Waals surface area (Å²) in [7, 11) is 0. The molecule has 0 radical (unpaired) electrons. The van der Waals surface area contributed by atoms with Gasteiger partial charge in [-0.2, -0.15) is 0 Å². The summed E-state index contributed by atoms with van der Waals surface area (Å²) in [6, 6.07) is 5.85. The minimum Gasteiger partial charge on any atom is -0.376 e. The molecule has 0 saturated carbocycles. The third-order valence-corrected chi connectivity index (χ3v) is 2.90.